The molecule has 0 atom stereocenters. The van der Waals surface area contributed by atoms with Crippen LogP contribution in [0, 0.1) is 0 Å². The number of hydrogen-bond donors (Lipinski definition) is 1. The average molecular weight is 365 g/mol. The summed E-state index contributed by atoms with van der Waals surface area (Å²) in [5.74, 6) is 0.0382. The van der Waals surface area contributed by atoms with Crippen molar-refractivity contribution in [3.05, 3.63) is 51.4 Å². The molecule has 2 heterocycles. The highest BCUT2D eigenvalue weighted by atomic mass is 19.3. The van der Waals surface area contributed by atoms with Crippen LogP contribution in [-0.2, 0) is 20.6 Å². The quantitative estimate of drug-likeness (QED) is 0.709. The van der Waals surface area contributed by atoms with Crippen molar-refractivity contribution in [1.29, 1.82) is 0 Å². The summed E-state index contributed by atoms with van der Waals surface area (Å²) in [6.07, 6.45) is 1.47. The number of aryl methyl sites for hydroxylation is 1. The molecule has 0 saturated carbocycles. The highest BCUT2D eigenvalue weighted by Crippen LogP contribution is 2.25. The first-order chi connectivity index (χ1) is 12.4. The molecule has 0 spiro atoms. The molecule has 2 aromatic heterocycles. The van der Waals surface area contributed by atoms with Gasteiger partial charge in [0.05, 0.1) is 12.0 Å². The summed E-state index contributed by atoms with van der Waals surface area (Å²) in [4.78, 5) is 28.4. The second-order valence-corrected chi connectivity index (χ2v) is 5.62. The number of hydrogen-bond acceptors (Lipinski definition) is 5. The van der Waals surface area contributed by atoms with Crippen molar-refractivity contribution in [1.82, 2.24) is 18.7 Å². The van der Waals surface area contributed by atoms with E-state index in [2.05, 4.69) is 15.0 Å². The molecule has 8 nitrogen and oxygen atoms in total. The van der Waals surface area contributed by atoms with Gasteiger partial charge in [-0.2, -0.15) is 8.78 Å². The number of rotatable bonds is 6. The number of para-hydroxylation sites is 2. The van der Waals surface area contributed by atoms with Crippen LogP contribution in [0.1, 0.15) is 0 Å². The number of aromatic nitrogens is 4. The summed E-state index contributed by atoms with van der Waals surface area (Å²) in [6.45, 7) is -2.24. The van der Waals surface area contributed by atoms with Gasteiger partial charge in [0.25, 0.3) is 5.56 Å². The second-order valence-electron chi connectivity index (χ2n) is 5.62. The van der Waals surface area contributed by atoms with Crippen molar-refractivity contribution in [3.63, 3.8) is 0 Å². The van der Waals surface area contributed by atoms with Crippen molar-refractivity contribution in [2.24, 2.45) is 14.1 Å². The number of nitrogens with one attached hydrogen (secondary N) is 1. The Morgan fingerprint density at radius 2 is 1.92 bits per heavy atom. The fourth-order valence-corrected chi connectivity index (χ4v) is 2.69. The van der Waals surface area contributed by atoms with E-state index in [1.54, 1.807) is 22.8 Å². The van der Waals surface area contributed by atoms with Gasteiger partial charge in [-0.05, 0) is 12.1 Å². The molecule has 26 heavy (non-hydrogen) atoms. The molecule has 138 valence electrons. The van der Waals surface area contributed by atoms with Crippen LogP contribution >= 0.6 is 0 Å². The van der Waals surface area contributed by atoms with Crippen molar-refractivity contribution in [2.45, 2.75) is 13.2 Å². The fourth-order valence-electron chi connectivity index (χ4n) is 2.69. The van der Waals surface area contributed by atoms with Gasteiger partial charge in [-0.15, -0.1) is 0 Å². The van der Waals surface area contributed by atoms with E-state index in [1.165, 1.54) is 31.1 Å². The molecule has 3 aromatic rings. The Morgan fingerprint density at radius 1 is 1.19 bits per heavy atom. The van der Waals surface area contributed by atoms with Gasteiger partial charge in [0, 0.05) is 27.2 Å². The predicted molar refractivity (Wildman–Crippen MR) is 91.8 cm³/mol. The molecule has 0 aliphatic rings. The van der Waals surface area contributed by atoms with Crippen LogP contribution in [0.5, 0.6) is 5.75 Å². The molecular weight excluding hydrogens is 348 g/mol. The topological polar surface area (TPSA) is 83.1 Å². The van der Waals surface area contributed by atoms with Crippen LogP contribution in [0.15, 0.2) is 40.2 Å². The van der Waals surface area contributed by atoms with E-state index < -0.39 is 17.9 Å². The Kier molecular flexibility index (Phi) is 4.74. The lowest BCUT2D eigenvalue weighted by molar-refractivity contribution is -0.0493. The molecule has 0 unspecified atom stereocenters. The molecule has 0 radical (unpaired) electrons. The van der Waals surface area contributed by atoms with E-state index in [1.807, 2.05) is 0 Å². The summed E-state index contributed by atoms with van der Waals surface area (Å²) < 4.78 is 33.3. The van der Waals surface area contributed by atoms with Crippen LogP contribution in [0.3, 0.4) is 0 Å². The summed E-state index contributed by atoms with van der Waals surface area (Å²) in [7, 11) is 2.94. The first-order valence-corrected chi connectivity index (χ1v) is 7.78. The smallest absolute Gasteiger partial charge is 0.387 e. The number of alkyl halides is 2. The van der Waals surface area contributed by atoms with E-state index in [0.29, 0.717) is 29.9 Å². The number of ether oxygens (including phenoxy) is 1. The number of imidazole rings is 1. The lowest BCUT2D eigenvalue weighted by atomic mass is 10.3. The first kappa shape index (κ1) is 17.6. The van der Waals surface area contributed by atoms with E-state index in [0.717, 1.165) is 4.57 Å². The molecular formula is C16H17F2N5O3. The van der Waals surface area contributed by atoms with Crippen LogP contribution in [0.2, 0.25) is 0 Å². The van der Waals surface area contributed by atoms with Gasteiger partial charge in [0.1, 0.15) is 5.75 Å². The van der Waals surface area contributed by atoms with Gasteiger partial charge in [-0.3, -0.25) is 13.9 Å². The average Bonchev–Trinajstić information content (AvgIpc) is 3.03. The van der Waals surface area contributed by atoms with Gasteiger partial charge < -0.3 is 14.6 Å². The second kappa shape index (κ2) is 6.98. The van der Waals surface area contributed by atoms with E-state index in [4.69, 9.17) is 0 Å². The van der Waals surface area contributed by atoms with Gasteiger partial charge in [0.15, 0.2) is 11.2 Å². The first-order valence-electron chi connectivity index (χ1n) is 7.78. The maximum atomic E-state index is 12.4. The largest absolute Gasteiger partial charge is 0.433 e. The molecule has 0 aliphatic heterocycles. The maximum absolute atomic E-state index is 12.4. The molecule has 3 rings (SSSR count). The normalized spacial score (nSPS) is 11.3. The van der Waals surface area contributed by atoms with Crippen LogP contribution in [0.4, 0.5) is 14.5 Å². The fraction of sp³-hybridized carbons (Fsp3) is 0.312. The molecule has 0 amide bonds. The SMILES string of the molecule is Cn1c(=O)c2c(ncn2CCNc2ccccc2OC(F)F)n(C)c1=O. The summed E-state index contributed by atoms with van der Waals surface area (Å²) in [6, 6.07) is 6.34. The summed E-state index contributed by atoms with van der Waals surface area (Å²) in [5.41, 5.74) is 0.108. The Morgan fingerprint density at radius 3 is 2.65 bits per heavy atom. The number of benzene rings is 1. The minimum Gasteiger partial charge on any atom is -0.433 e. The summed E-state index contributed by atoms with van der Waals surface area (Å²) in [5, 5.41) is 3.00. The molecule has 1 N–H and O–H groups in total. The minimum atomic E-state index is -2.92. The zero-order valence-electron chi connectivity index (χ0n) is 14.1. The van der Waals surface area contributed by atoms with Crippen molar-refractivity contribution in [2.75, 3.05) is 11.9 Å². The molecule has 0 aliphatic carbocycles. The molecule has 0 saturated heterocycles. The Labute approximate surface area is 146 Å². The third-order valence-corrected chi connectivity index (χ3v) is 3.99. The monoisotopic (exact) mass is 365 g/mol. The van der Waals surface area contributed by atoms with Crippen LogP contribution in [0.25, 0.3) is 11.2 Å². The lowest BCUT2D eigenvalue weighted by Crippen LogP contribution is -2.37. The van der Waals surface area contributed by atoms with Gasteiger partial charge >= 0.3 is 12.3 Å². The van der Waals surface area contributed by atoms with Gasteiger partial charge in [-0.25, -0.2) is 9.78 Å². The minimum absolute atomic E-state index is 0.0382. The predicted octanol–water partition coefficient (Wildman–Crippen LogP) is 1.15. The number of anilines is 1. The standard InChI is InChI=1S/C16H17F2N5O3/c1-21-13-12(14(24)22(2)16(21)25)23(9-20-13)8-7-19-10-5-3-4-6-11(10)26-15(17)18/h3-6,9,15,19H,7-8H2,1-2H3. The maximum Gasteiger partial charge on any atom is 0.387 e. The number of fused-ring (bicyclic) bond motifs is 1. The highest BCUT2D eigenvalue weighted by molar-refractivity contribution is 5.70. The molecule has 0 bridgehead atoms. The molecule has 0 fully saturated rings. The molecule has 1 aromatic carbocycles. The van der Waals surface area contributed by atoms with Crippen molar-refractivity contribution >= 4 is 16.9 Å². The van der Waals surface area contributed by atoms with Crippen LogP contribution in [-0.4, -0.2) is 31.8 Å². The van der Waals surface area contributed by atoms with E-state index >= 15 is 0 Å². The molecule has 10 heteroatoms. The third kappa shape index (κ3) is 3.17. The lowest BCUT2D eigenvalue weighted by Gasteiger charge is -2.13. The van der Waals surface area contributed by atoms with Gasteiger partial charge in [-0.1, -0.05) is 12.1 Å². The third-order valence-electron chi connectivity index (χ3n) is 3.99. The van der Waals surface area contributed by atoms with Gasteiger partial charge in [0.2, 0.25) is 0 Å². The number of nitrogens with zero attached hydrogens (tertiary/aromatic N) is 4. The summed E-state index contributed by atoms with van der Waals surface area (Å²) >= 11 is 0. The number of halogens is 2. The van der Waals surface area contributed by atoms with Crippen molar-refractivity contribution in [3.8, 4) is 5.75 Å². The van der Waals surface area contributed by atoms with Crippen molar-refractivity contribution < 1.29 is 13.5 Å². The highest BCUT2D eigenvalue weighted by Gasteiger charge is 2.14. The van der Waals surface area contributed by atoms with E-state index in [9.17, 15) is 18.4 Å². The zero-order valence-corrected chi connectivity index (χ0v) is 14.1. The Hall–Kier alpha value is -3.17. The van der Waals surface area contributed by atoms with E-state index in [-0.39, 0.29) is 5.75 Å². The van der Waals surface area contributed by atoms with Crippen LogP contribution < -0.4 is 21.3 Å². The Balaban J connectivity index is 1.82. The Bertz CT molecular complexity index is 1050. The zero-order chi connectivity index (χ0) is 18.8.